The molecule has 0 amide bonds. The van der Waals surface area contributed by atoms with Crippen molar-refractivity contribution in [2.45, 2.75) is 66.5 Å². The molecule has 0 radical (unpaired) electrons. The number of esters is 2. The number of benzene rings is 3. The van der Waals surface area contributed by atoms with Crippen molar-refractivity contribution in [3.8, 4) is 0 Å². The molecule has 0 aliphatic heterocycles. The van der Waals surface area contributed by atoms with E-state index in [4.69, 9.17) is 44.3 Å². The smallest absolute Gasteiger partial charge is 0.416 e. The predicted octanol–water partition coefficient (Wildman–Crippen LogP) is 7.08. The lowest BCUT2D eigenvalue weighted by molar-refractivity contribution is -0.152. The van der Waals surface area contributed by atoms with Crippen molar-refractivity contribution in [1.82, 2.24) is 18.3 Å². The number of rotatable bonds is 12. The Morgan fingerprint density at radius 3 is 1.47 bits per heavy atom. The summed E-state index contributed by atoms with van der Waals surface area (Å²) in [5.41, 5.74) is -3.53. The Kier molecular flexibility index (Phi) is 15.2. The van der Waals surface area contributed by atoms with E-state index in [0.717, 1.165) is 32.9 Å². The van der Waals surface area contributed by atoms with Crippen LogP contribution in [0.25, 0.3) is 0 Å². The van der Waals surface area contributed by atoms with Crippen molar-refractivity contribution in [2.75, 3.05) is 14.2 Å². The maximum Gasteiger partial charge on any atom is 0.416 e. The van der Waals surface area contributed by atoms with Crippen molar-refractivity contribution in [3.63, 3.8) is 0 Å². The van der Waals surface area contributed by atoms with Gasteiger partial charge in [0.2, 0.25) is 0 Å². The number of carbonyl (C=O) groups excluding carboxylic acids is 2. The minimum Gasteiger partial charge on any atom is -0.469 e. The van der Waals surface area contributed by atoms with E-state index in [-0.39, 0.29) is 49.0 Å². The SMILES string of the molecule is COC(=O)C(C)(C)Cn1c(=O)cc(Cc2cccc(C(F)(F)F)c2)n(Cc2ccc(Cl)cc2)c1=O.COC(=O)C(C)(C)Cn1c(=O)cc(Cl)n(Cc2ccc(Cl)cc2)c1=O. The van der Waals surface area contributed by atoms with Crippen LogP contribution in [-0.2, 0) is 57.8 Å². The maximum atomic E-state index is 13.5. The molecule has 0 saturated carbocycles. The van der Waals surface area contributed by atoms with Crippen LogP contribution in [0, 0.1) is 10.8 Å². The highest BCUT2D eigenvalue weighted by molar-refractivity contribution is 6.31. The summed E-state index contributed by atoms with van der Waals surface area (Å²) in [5, 5.41) is 1.10. The summed E-state index contributed by atoms with van der Waals surface area (Å²) in [6, 6.07) is 20.7. The maximum absolute atomic E-state index is 13.5. The molecular weight excluding hydrogens is 852 g/mol. The van der Waals surface area contributed by atoms with Crippen LogP contribution in [-0.4, -0.2) is 44.4 Å². The van der Waals surface area contributed by atoms with Gasteiger partial charge in [0.1, 0.15) is 5.15 Å². The van der Waals surface area contributed by atoms with Gasteiger partial charge in [-0.3, -0.25) is 37.4 Å². The number of hydrogen-bond acceptors (Lipinski definition) is 8. The molecule has 0 unspecified atom stereocenters. The average molecular weight is 894 g/mol. The lowest BCUT2D eigenvalue weighted by atomic mass is 9.93. The number of nitrogens with zero attached hydrogens (tertiary/aromatic N) is 4. The first kappa shape index (κ1) is 47.3. The van der Waals surface area contributed by atoms with Gasteiger partial charge in [-0.1, -0.05) is 77.3 Å². The van der Waals surface area contributed by atoms with Crippen LogP contribution < -0.4 is 22.5 Å². The summed E-state index contributed by atoms with van der Waals surface area (Å²) in [7, 11) is 2.47. The van der Waals surface area contributed by atoms with Crippen molar-refractivity contribution in [3.05, 3.63) is 170 Å². The number of carbonyl (C=O) groups is 2. The minimum absolute atomic E-state index is 0.0251. The normalized spacial score (nSPS) is 11.7. The van der Waals surface area contributed by atoms with Crippen molar-refractivity contribution in [1.29, 1.82) is 0 Å². The van der Waals surface area contributed by atoms with Gasteiger partial charge in [0, 0.05) is 47.4 Å². The third kappa shape index (κ3) is 11.9. The quantitative estimate of drug-likeness (QED) is 0.0957. The first-order valence-electron chi connectivity index (χ1n) is 18.1. The lowest BCUT2D eigenvalue weighted by Crippen LogP contribution is -2.45. The van der Waals surface area contributed by atoms with E-state index in [9.17, 15) is 41.9 Å². The number of hydrogen-bond donors (Lipinski definition) is 0. The fourth-order valence-electron chi connectivity index (χ4n) is 6.08. The number of alkyl halides is 3. The van der Waals surface area contributed by atoms with Crippen LogP contribution >= 0.6 is 34.8 Å². The average Bonchev–Trinajstić information content (AvgIpc) is 3.19. The molecule has 320 valence electrons. The summed E-state index contributed by atoms with van der Waals surface area (Å²) >= 11 is 17.9. The number of methoxy groups -OCH3 is 2. The van der Waals surface area contributed by atoms with Gasteiger partial charge in [0.25, 0.3) is 11.1 Å². The summed E-state index contributed by atoms with van der Waals surface area (Å²) in [6.07, 6.45) is -4.61. The molecule has 18 heteroatoms. The summed E-state index contributed by atoms with van der Waals surface area (Å²) < 4.78 is 53.5. The molecule has 0 N–H and O–H groups in total. The molecule has 0 spiro atoms. The summed E-state index contributed by atoms with van der Waals surface area (Å²) in [6.45, 7) is 6.16. The van der Waals surface area contributed by atoms with Crippen molar-refractivity contribution >= 4 is 46.7 Å². The summed E-state index contributed by atoms with van der Waals surface area (Å²) in [4.78, 5) is 75.3. The van der Waals surface area contributed by atoms with Gasteiger partial charge in [0.05, 0.1) is 43.7 Å². The number of halogens is 6. The van der Waals surface area contributed by atoms with Crippen LogP contribution in [0.15, 0.2) is 104 Å². The molecule has 0 aliphatic rings. The number of ether oxygens (including phenoxy) is 2. The highest BCUT2D eigenvalue weighted by Crippen LogP contribution is 2.30. The zero-order valence-electron chi connectivity index (χ0n) is 33.4. The molecule has 0 fully saturated rings. The fourth-order valence-corrected chi connectivity index (χ4v) is 6.56. The summed E-state index contributed by atoms with van der Waals surface area (Å²) in [5.74, 6) is -1.11. The fraction of sp³-hybridized carbons (Fsp3) is 0.333. The Bertz CT molecular complexity index is 2600. The largest absolute Gasteiger partial charge is 0.469 e. The number of aromatic nitrogens is 4. The van der Waals surface area contributed by atoms with Crippen LogP contribution in [0.3, 0.4) is 0 Å². The third-order valence-electron chi connectivity index (χ3n) is 9.32. The Morgan fingerprint density at radius 2 is 1.02 bits per heavy atom. The van der Waals surface area contributed by atoms with Crippen LogP contribution in [0.4, 0.5) is 13.2 Å². The second-order valence-electron chi connectivity index (χ2n) is 15.1. The van der Waals surface area contributed by atoms with Gasteiger partial charge in [-0.25, -0.2) is 9.59 Å². The molecule has 3 aromatic carbocycles. The standard InChI is InChI=1S/C25H24ClF3N2O4.C17H18Cl2N2O4/c1-24(2,22(33)35-3)15-31-21(32)13-20(12-17-5-4-6-18(11-17)25(27,28)29)30(23(31)34)14-16-7-9-19(26)10-8-16;1-17(2,15(23)25-3)10-21-14(22)8-13(19)20(16(21)24)9-11-4-6-12(18)7-5-11/h4-11,13H,12,14-15H2,1-3H3;4-8H,9-10H2,1-3H3. The zero-order chi connectivity index (χ0) is 44.7. The van der Waals surface area contributed by atoms with E-state index in [1.807, 2.05) is 0 Å². The van der Waals surface area contributed by atoms with E-state index in [2.05, 4.69) is 0 Å². The van der Waals surface area contributed by atoms with E-state index in [1.165, 1.54) is 41.6 Å². The van der Waals surface area contributed by atoms with E-state index >= 15 is 0 Å². The van der Waals surface area contributed by atoms with Gasteiger partial charge in [-0.2, -0.15) is 13.2 Å². The second-order valence-corrected chi connectivity index (χ2v) is 16.3. The Balaban J connectivity index is 0.000000280. The van der Waals surface area contributed by atoms with Crippen LogP contribution in [0.2, 0.25) is 15.2 Å². The molecule has 2 aromatic heterocycles. The molecular formula is C42H42Cl3F3N4O8. The topological polar surface area (TPSA) is 141 Å². The first-order valence-corrected chi connectivity index (χ1v) is 19.3. The highest BCUT2D eigenvalue weighted by atomic mass is 35.5. The van der Waals surface area contributed by atoms with Gasteiger partial charge < -0.3 is 9.47 Å². The molecule has 0 saturated heterocycles. The van der Waals surface area contributed by atoms with Crippen LogP contribution in [0.5, 0.6) is 0 Å². The lowest BCUT2D eigenvalue weighted by Gasteiger charge is -2.23. The van der Waals surface area contributed by atoms with E-state index in [1.54, 1.807) is 76.2 Å². The minimum atomic E-state index is -4.53. The molecule has 12 nitrogen and oxygen atoms in total. The third-order valence-corrected chi connectivity index (χ3v) is 10.1. The molecule has 0 atom stereocenters. The molecule has 0 bridgehead atoms. The predicted molar refractivity (Wildman–Crippen MR) is 222 cm³/mol. The second kappa shape index (κ2) is 19.3. The Hall–Kier alpha value is -5.38. The molecule has 5 aromatic rings. The Morgan fingerprint density at radius 1 is 0.583 bits per heavy atom. The molecule has 2 heterocycles. The van der Waals surface area contributed by atoms with Gasteiger partial charge in [-0.15, -0.1) is 0 Å². The first-order chi connectivity index (χ1) is 28.0. The van der Waals surface area contributed by atoms with E-state index in [0.29, 0.717) is 15.6 Å². The molecule has 5 rings (SSSR count). The highest BCUT2D eigenvalue weighted by Gasteiger charge is 2.33. The van der Waals surface area contributed by atoms with Gasteiger partial charge in [0.15, 0.2) is 0 Å². The van der Waals surface area contributed by atoms with Crippen molar-refractivity contribution < 1.29 is 32.2 Å². The molecule has 60 heavy (non-hydrogen) atoms. The monoisotopic (exact) mass is 892 g/mol. The molecule has 0 aliphatic carbocycles. The van der Waals surface area contributed by atoms with Gasteiger partial charge >= 0.3 is 29.5 Å². The van der Waals surface area contributed by atoms with Crippen molar-refractivity contribution in [2.24, 2.45) is 10.8 Å². The van der Waals surface area contributed by atoms with Gasteiger partial charge in [-0.05, 0) is 74.7 Å². The Labute approximate surface area is 357 Å². The van der Waals surface area contributed by atoms with E-state index < -0.39 is 57.0 Å². The van der Waals surface area contributed by atoms with Crippen LogP contribution in [0.1, 0.15) is 55.6 Å². The zero-order valence-corrected chi connectivity index (χ0v) is 35.7.